The van der Waals surface area contributed by atoms with Crippen LogP contribution in [0.3, 0.4) is 0 Å². The minimum Gasteiger partial charge on any atom is -0.382 e. The molecule has 0 aliphatic heterocycles. The first-order chi connectivity index (χ1) is 8.13. The van der Waals surface area contributed by atoms with E-state index < -0.39 is 0 Å². The smallest absolute Gasteiger partial charge is 0.221 e. The first kappa shape index (κ1) is 13.3. The predicted molar refractivity (Wildman–Crippen MR) is 71.9 cm³/mol. The zero-order chi connectivity index (χ0) is 12.7. The van der Waals surface area contributed by atoms with E-state index in [1.807, 2.05) is 30.3 Å². The van der Waals surface area contributed by atoms with Gasteiger partial charge in [-0.3, -0.25) is 4.79 Å². The van der Waals surface area contributed by atoms with E-state index in [-0.39, 0.29) is 12.3 Å². The number of benzene rings is 1. The van der Waals surface area contributed by atoms with Crippen LogP contribution in [0.4, 0.5) is 5.69 Å². The molecule has 1 rings (SSSR count). The van der Waals surface area contributed by atoms with E-state index >= 15 is 0 Å². The highest BCUT2D eigenvalue weighted by atomic mass is 16.1. The first-order valence-electron chi connectivity index (χ1n) is 5.87. The molecule has 0 saturated carbocycles. The van der Waals surface area contributed by atoms with E-state index in [1.54, 1.807) is 0 Å². The van der Waals surface area contributed by atoms with Gasteiger partial charge in [-0.15, -0.1) is 6.58 Å². The zero-order valence-electron chi connectivity index (χ0n) is 10.3. The number of hydrogen-bond donors (Lipinski definition) is 2. The van der Waals surface area contributed by atoms with Crippen LogP contribution in [-0.2, 0) is 11.2 Å². The molecule has 3 nitrogen and oxygen atoms in total. The van der Waals surface area contributed by atoms with Crippen molar-refractivity contribution in [1.29, 1.82) is 0 Å². The zero-order valence-corrected chi connectivity index (χ0v) is 10.3. The summed E-state index contributed by atoms with van der Waals surface area (Å²) < 4.78 is 0. The molecule has 3 heteroatoms. The minimum absolute atomic E-state index is 0.275. The van der Waals surface area contributed by atoms with Gasteiger partial charge in [0.05, 0.1) is 6.42 Å². The van der Waals surface area contributed by atoms with Crippen molar-refractivity contribution in [3.63, 3.8) is 0 Å². The number of carbonyl (C=O) groups excluding carboxylic acids is 1. The van der Waals surface area contributed by atoms with Gasteiger partial charge in [-0.05, 0) is 31.4 Å². The molecule has 1 aromatic rings. The van der Waals surface area contributed by atoms with Crippen LogP contribution >= 0.6 is 0 Å². The maximum Gasteiger partial charge on any atom is 0.221 e. The number of amides is 1. The number of nitrogens with two attached hydrogens (primary N) is 1. The van der Waals surface area contributed by atoms with E-state index in [2.05, 4.69) is 18.8 Å². The van der Waals surface area contributed by atoms with Gasteiger partial charge in [0, 0.05) is 11.7 Å². The van der Waals surface area contributed by atoms with E-state index in [4.69, 9.17) is 5.73 Å². The number of carbonyl (C=O) groups is 1. The minimum atomic E-state index is -0.307. The van der Waals surface area contributed by atoms with Gasteiger partial charge in [-0.1, -0.05) is 24.3 Å². The number of hydrogen-bond acceptors (Lipinski definition) is 2. The lowest BCUT2D eigenvalue weighted by molar-refractivity contribution is -0.117. The topological polar surface area (TPSA) is 55.1 Å². The van der Waals surface area contributed by atoms with Crippen molar-refractivity contribution in [3.05, 3.63) is 42.5 Å². The number of anilines is 1. The van der Waals surface area contributed by atoms with Crippen LogP contribution in [0.5, 0.6) is 0 Å². The van der Waals surface area contributed by atoms with Crippen LogP contribution in [0.25, 0.3) is 0 Å². The lowest BCUT2D eigenvalue weighted by Crippen LogP contribution is -2.18. The lowest BCUT2D eigenvalue weighted by atomic mass is 10.1. The Morgan fingerprint density at radius 2 is 2.24 bits per heavy atom. The molecule has 0 spiro atoms. The van der Waals surface area contributed by atoms with Crippen molar-refractivity contribution in [2.24, 2.45) is 5.73 Å². The second-order valence-electron chi connectivity index (χ2n) is 4.21. The molecule has 17 heavy (non-hydrogen) atoms. The molecule has 0 heterocycles. The molecule has 1 atom stereocenters. The maximum atomic E-state index is 11.0. The monoisotopic (exact) mass is 232 g/mol. The Morgan fingerprint density at radius 1 is 1.53 bits per heavy atom. The van der Waals surface area contributed by atoms with Crippen molar-refractivity contribution in [3.8, 4) is 0 Å². The summed E-state index contributed by atoms with van der Waals surface area (Å²) in [7, 11) is 0. The molecule has 0 saturated heterocycles. The fraction of sp³-hybridized carbons (Fsp3) is 0.357. The van der Waals surface area contributed by atoms with Gasteiger partial charge in [0.25, 0.3) is 0 Å². The molecule has 92 valence electrons. The van der Waals surface area contributed by atoms with E-state index in [9.17, 15) is 4.79 Å². The standard InChI is InChI=1S/C14H20N2O/c1-3-4-7-11(2)16-13-9-6-5-8-12(13)10-14(15)17/h3,5-6,8-9,11,16H,1,4,7,10H2,2H3,(H2,15,17). The fourth-order valence-electron chi connectivity index (χ4n) is 1.71. The summed E-state index contributed by atoms with van der Waals surface area (Å²) in [6.07, 6.45) is 4.19. The Morgan fingerprint density at radius 3 is 2.88 bits per heavy atom. The number of rotatable bonds is 7. The summed E-state index contributed by atoms with van der Waals surface area (Å²) in [5.41, 5.74) is 7.16. The van der Waals surface area contributed by atoms with Gasteiger partial charge < -0.3 is 11.1 Å². The first-order valence-corrected chi connectivity index (χ1v) is 5.87. The van der Waals surface area contributed by atoms with Crippen LogP contribution in [0.15, 0.2) is 36.9 Å². The Kier molecular flexibility index (Phi) is 5.27. The predicted octanol–water partition coefficient (Wildman–Crippen LogP) is 2.48. The number of para-hydroxylation sites is 1. The number of allylic oxidation sites excluding steroid dienone is 1. The molecule has 1 amide bonds. The largest absolute Gasteiger partial charge is 0.382 e. The quantitative estimate of drug-likeness (QED) is 0.710. The van der Waals surface area contributed by atoms with Crippen LogP contribution in [0.1, 0.15) is 25.3 Å². The van der Waals surface area contributed by atoms with Crippen LogP contribution in [0, 0.1) is 0 Å². The molecule has 0 aromatic heterocycles. The highest BCUT2D eigenvalue weighted by Gasteiger charge is 2.07. The van der Waals surface area contributed by atoms with Gasteiger partial charge in [0.1, 0.15) is 0 Å². The van der Waals surface area contributed by atoms with Crippen molar-refractivity contribution in [1.82, 2.24) is 0 Å². The third-order valence-corrected chi connectivity index (χ3v) is 2.59. The average Bonchev–Trinajstić information content (AvgIpc) is 2.28. The molecule has 0 aliphatic carbocycles. The Hall–Kier alpha value is -1.77. The Bertz CT molecular complexity index is 388. The highest BCUT2D eigenvalue weighted by Crippen LogP contribution is 2.17. The second-order valence-corrected chi connectivity index (χ2v) is 4.21. The summed E-state index contributed by atoms with van der Waals surface area (Å²) in [4.78, 5) is 11.0. The molecule has 3 N–H and O–H groups in total. The van der Waals surface area contributed by atoms with Crippen molar-refractivity contribution >= 4 is 11.6 Å². The van der Waals surface area contributed by atoms with E-state index in [1.165, 1.54) is 0 Å². The maximum absolute atomic E-state index is 11.0. The Balaban J connectivity index is 2.68. The van der Waals surface area contributed by atoms with Crippen molar-refractivity contribution in [2.75, 3.05) is 5.32 Å². The summed E-state index contributed by atoms with van der Waals surface area (Å²) >= 11 is 0. The molecule has 0 fully saturated rings. The summed E-state index contributed by atoms with van der Waals surface area (Å²) in [5, 5.41) is 3.40. The van der Waals surface area contributed by atoms with Gasteiger partial charge >= 0.3 is 0 Å². The average molecular weight is 232 g/mol. The lowest BCUT2D eigenvalue weighted by Gasteiger charge is -2.17. The fourth-order valence-corrected chi connectivity index (χ4v) is 1.71. The van der Waals surface area contributed by atoms with Gasteiger partial charge in [0.15, 0.2) is 0 Å². The summed E-state index contributed by atoms with van der Waals surface area (Å²) in [6.45, 7) is 5.82. The van der Waals surface area contributed by atoms with E-state index in [0.717, 1.165) is 24.1 Å². The second kappa shape index (κ2) is 6.74. The SMILES string of the molecule is C=CCCC(C)Nc1ccccc1CC(N)=O. The molecule has 0 bridgehead atoms. The highest BCUT2D eigenvalue weighted by molar-refractivity contribution is 5.78. The molecular weight excluding hydrogens is 212 g/mol. The van der Waals surface area contributed by atoms with Gasteiger partial charge in [0.2, 0.25) is 5.91 Å². The normalized spacial score (nSPS) is 11.8. The van der Waals surface area contributed by atoms with Crippen LogP contribution in [-0.4, -0.2) is 11.9 Å². The van der Waals surface area contributed by atoms with Crippen LogP contribution < -0.4 is 11.1 Å². The van der Waals surface area contributed by atoms with Gasteiger partial charge in [-0.25, -0.2) is 0 Å². The molecular formula is C14H20N2O. The number of primary amides is 1. The summed E-state index contributed by atoms with van der Waals surface area (Å²) in [6, 6.07) is 8.11. The van der Waals surface area contributed by atoms with E-state index in [0.29, 0.717) is 6.04 Å². The van der Waals surface area contributed by atoms with Gasteiger partial charge in [-0.2, -0.15) is 0 Å². The third-order valence-electron chi connectivity index (χ3n) is 2.59. The third kappa shape index (κ3) is 4.72. The summed E-state index contributed by atoms with van der Waals surface area (Å²) in [5.74, 6) is -0.307. The molecule has 0 radical (unpaired) electrons. The Labute approximate surface area is 103 Å². The molecule has 0 aliphatic rings. The van der Waals surface area contributed by atoms with Crippen LogP contribution in [0.2, 0.25) is 0 Å². The van der Waals surface area contributed by atoms with Crippen molar-refractivity contribution in [2.45, 2.75) is 32.2 Å². The molecule has 1 aromatic carbocycles. The number of nitrogens with one attached hydrogen (secondary N) is 1. The molecule has 1 unspecified atom stereocenters. The van der Waals surface area contributed by atoms with Crippen molar-refractivity contribution < 1.29 is 4.79 Å².